The number of rotatable bonds is 31. The molecule has 9 nitrogen and oxygen atoms in total. The minimum absolute atomic E-state index is 0.0421. The Labute approximate surface area is 268 Å². The van der Waals surface area contributed by atoms with Crippen molar-refractivity contribution in [1.29, 1.82) is 0 Å². The number of phosphoric acid groups is 1. The first-order valence-corrected chi connectivity index (χ1v) is 18.7. The van der Waals surface area contributed by atoms with Gasteiger partial charge in [0, 0.05) is 6.54 Å². The normalized spacial score (nSPS) is 15.7. The van der Waals surface area contributed by atoms with E-state index in [0.717, 1.165) is 44.9 Å². The molecule has 0 aromatic carbocycles. The van der Waals surface area contributed by atoms with Crippen molar-refractivity contribution in [3.05, 3.63) is 36.5 Å². The van der Waals surface area contributed by atoms with Crippen LogP contribution in [-0.4, -0.2) is 59.0 Å². The molecule has 10 heteroatoms. The van der Waals surface area contributed by atoms with Crippen LogP contribution in [0.3, 0.4) is 0 Å². The van der Waals surface area contributed by atoms with Crippen LogP contribution in [0.15, 0.2) is 36.5 Å². The first-order chi connectivity index (χ1) is 21.3. The minimum atomic E-state index is -4.40. The lowest BCUT2D eigenvalue weighted by Crippen LogP contribution is -2.46. The molecule has 0 aliphatic rings. The molecule has 0 aromatic rings. The maximum Gasteiger partial charge on any atom is 0.472 e. The van der Waals surface area contributed by atoms with E-state index in [2.05, 4.69) is 43.5 Å². The second-order valence-corrected chi connectivity index (χ2v) is 13.0. The van der Waals surface area contributed by atoms with Gasteiger partial charge in [-0.3, -0.25) is 13.8 Å². The molecule has 4 atom stereocenters. The van der Waals surface area contributed by atoms with Crippen LogP contribution < -0.4 is 11.1 Å². The first kappa shape index (κ1) is 42.7. The van der Waals surface area contributed by atoms with Crippen LogP contribution in [-0.2, 0) is 18.4 Å². The van der Waals surface area contributed by atoms with Gasteiger partial charge in [-0.05, 0) is 51.4 Å². The topological polar surface area (TPSA) is 151 Å². The highest BCUT2D eigenvalue weighted by atomic mass is 31.2. The maximum atomic E-state index is 12.7. The van der Waals surface area contributed by atoms with E-state index >= 15 is 0 Å². The molecule has 0 rings (SSSR count). The zero-order valence-electron chi connectivity index (χ0n) is 27.8. The average Bonchev–Trinajstić information content (AvgIpc) is 2.99. The number of carbonyl (C=O) groups is 1. The monoisotopic (exact) mass is 644 g/mol. The lowest BCUT2D eigenvalue weighted by molar-refractivity contribution is -0.124. The second kappa shape index (κ2) is 30.3. The average molecular weight is 645 g/mol. The SMILES string of the molecule is CCCC/C=C\CCCCCC(O)CC(=O)NC(COP(=O)(O)OCCN)C(O)/C=C/CC/C=C/CCCCCCCCC. The third kappa shape index (κ3) is 28.2. The van der Waals surface area contributed by atoms with Crippen molar-refractivity contribution in [2.45, 2.75) is 154 Å². The second-order valence-electron chi connectivity index (χ2n) is 11.5. The van der Waals surface area contributed by atoms with Gasteiger partial charge in [0.15, 0.2) is 0 Å². The molecule has 0 spiro atoms. The van der Waals surface area contributed by atoms with Crippen LogP contribution in [0.25, 0.3) is 0 Å². The van der Waals surface area contributed by atoms with Gasteiger partial charge in [0.25, 0.3) is 0 Å². The minimum Gasteiger partial charge on any atom is -0.393 e. The van der Waals surface area contributed by atoms with E-state index in [0.29, 0.717) is 12.8 Å². The molecular weight excluding hydrogens is 579 g/mol. The van der Waals surface area contributed by atoms with Gasteiger partial charge in [-0.1, -0.05) is 115 Å². The summed E-state index contributed by atoms with van der Waals surface area (Å²) in [6.07, 6.45) is 29.6. The van der Waals surface area contributed by atoms with Gasteiger partial charge in [0.2, 0.25) is 5.91 Å². The molecule has 0 heterocycles. The summed E-state index contributed by atoms with van der Waals surface area (Å²) in [7, 11) is -4.40. The predicted molar refractivity (Wildman–Crippen MR) is 181 cm³/mol. The van der Waals surface area contributed by atoms with Gasteiger partial charge < -0.3 is 26.2 Å². The molecular formula is C34H65N2O7P. The van der Waals surface area contributed by atoms with Crippen molar-refractivity contribution in [2.75, 3.05) is 19.8 Å². The number of hydrogen-bond donors (Lipinski definition) is 5. The Kier molecular flexibility index (Phi) is 29.4. The molecule has 0 bridgehead atoms. The van der Waals surface area contributed by atoms with Crippen LogP contribution in [0, 0.1) is 0 Å². The number of amides is 1. The highest BCUT2D eigenvalue weighted by Crippen LogP contribution is 2.43. The fourth-order valence-electron chi connectivity index (χ4n) is 4.58. The lowest BCUT2D eigenvalue weighted by Gasteiger charge is -2.24. The van der Waals surface area contributed by atoms with Crippen LogP contribution in [0.4, 0.5) is 0 Å². The molecule has 0 saturated heterocycles. The smallest absolute Gasteiger partial charge is 0.393 e. The van der Waals surface area contributed by atoms with Gasteiger partial charge in [-0.2, -0.15) is 0 Å². The Morgan fingerprint density at radius 1 is 0.773 bits per heavy atom. The van der Waals surface area contributed by atoms with Crippen molar-refractivity contribution >= 4 is 13.7 Å². The molecule has 0 saturated carbocycles. The van der Waals surface area contributed by atoms with E-state index in [9.17, 15) is 24.5 Å². The number of allylic oxidation sites excluding steroid dienone is 5. The Balaban J connectivity index is 4.61. The van der Waals surface area contributed by atoms with Gasteiger partial charge >= 0.3 is 7.82 Å². The van der Waals surface area contributed by atoms with E-state index in [1.54, 1.807) is 6.08 Å². The lowest BCUT2D eigenvalue weighted by atomic mass is 10.1. The van der Waals surface area contributed by atoms with Crippen molar-refractivity contribution in [3.63, 3.8) is 0 Å². The van der Waals surface area contributed by atoms with Gasteiger partial charge in [-0.15, -0.1) is 0 Å². The number of nitrogens with two attached hydrogens (primary N) is 1. The molecule has 0 aromatic heterocycles. The molecule has 0 aliphatic heterocycles. The van der Waals surface area contributed by atoms with E-state index in [4.69, 9.17) is 14.8 Å². The van der Waals surface area contributed by atoms with Crippen LogP contribution in [0.1, 0.15) is 136 Å². The van der Waals surface area contributed by atoms with Crippen molar-refractivity contribution in [2.24, 2.45) is 5.73 Å². The van der Waals surface area contributed by atoms with E-state index in [1.807, 2.05) is 6.08 Å². The standard InChI is InChI=1S/C34H65N2O7P/c1-3-5-7-9-11-13-14-15-16-18-20-22-24-26-33(38)32(30-43-44(40,41)42-28-27-35)36-34(39)29-31(37)25-23-21-19-17-12-10-8-6-4-2/h10,12,16,18,24,26,31-33,37-38H,3-9,11,13-15,17,19-23,25,27-30,35H2,1-2H3,(H,36,39)(H,40,41)/b12-10-,18-16+,26-24+. The van der Waals surface area contributed by atoms with Crippen molar-refractivity contribution in [3.8, 4) is 0 Å². The van der Waals surface area contributed by atoms with Crippen LogP contribution >= 0.6 is 7.82 Å². The quantitative estimate of drug-likeness (QED) is 0.0297. The summed E-state index contributed by atoms with van der Waals surface area (Å²) in [4.78, 5) is 22.5. The summed E-state index contributed by atoms with van der Waals surface area (Å²) in [6.45, 7) is 3.84. The van der Waals surface area contributed by atoms with E-state index in [-0.39, 0.29) is 19.6 Å². The van der Waals surface area contributed by atoms with Crippen molar-refractivity contribution in [1.82, 2.24) is 5.32 Å². The molecule has 0 aliphatic carbocycles. The van der Waals surface area contributed by atoms with Crippen LogP contribution in [0.5, 0.6) is 0 Å². The number of nitrogens with one attached hydrogen (secondary N) is 1. The molecule has 4 unspecified atom stereocenters. The number of carbonyl (C=O) groups excluding carboxylic acids is 1. The molecule has 0 radical (unpaired) electrons. The Morgan fingerprint density at radius 3 is 1.95 bits per heavy atom. The zero-order chi connectivity index (χ0) is 32.7. The summed E-state index contributed by atoms with van der Waals surface area (Å²) in [5.41, 5.74) is 5.32. The van der Waals surface area contributed by atoms with E-state index in [1.165, 1.54) is 57.8 Å². The molecule has 1 amide bonds. The summed E-state index contributed by atoms with van der Waals surface area (Å²) in [5.74, 6) is -0.471. The largest absolute Gasteiger partial charge is 0.472 e. The van der Waals surface area contributed by atoms with Crippen LogP contribution in [0.2, 0.25) is 0 Å². The van der Waals surface area contributed by atoms with Crippen molar-refractivity contribution < 1.29 is 33.5 Å². The predicted octanol–water partition coefficient (Wildman–Crippen LogP) is 7.41. The van der Waals surface area contributed by atoms with E-state index < -0.39 is 38.6 Å². The maximum absolute atomic E-state index is 12.7. The number of unbranched alkanes of at least 4 members (excludes halogenated alkanes) is 13. The van der Waals surface area contributed by atoms with Gasteiger partial charge in [0.1, 0.15) is 0 Å². The zero-order valence-corrected chi connectivity index (χ0v) is 28.6. The number of hydrogen-bond acceptors (Lipinski definition) is 7. The first-order valence-electron chi connectivity index (χ1n) is 17.2. The summed E-state index contributed by atoms with van der Waals surface area (Å²) in [6, 6.07) is -1.000. The molecule has 6 N–H and O–H groups in total. The number of aliphatic hydroxyl groups excluding tert-OH is 2. The molecule has 258 valence electrons. The Morgan fingerprint density at radius 2 is 1.32 bits per heavy atom. The number of aliphatic hydroxyl groups is 2. The fraction of sp³-hybridized carbons (Fsp3) is 0.794. The Hall–Kier alpha value is -1.32. The fourth-order valence-corrected chi connectivity index (χ4v) is 5.34. The molecule has 44 heavy (non-hydrogen) atoms. The summed E-state index contributed by atoms with van der Waals surface area (Å²) in [5, 5.41) is 23.7. The molecule has 0 fully saturated rings. The summed E-state index contributed by atoms with van der Waals surface area (Å²) >= 11 is 0. The third-order valence-corrected chi connectivity index (χ3v) is 8.23. The van der Waals surface area contributed by atoms with Gasteiger partial charge in [0.05, 0.1) is 37.9 Å². The Bertz CT molecular complexity index is 806. The summed E-state index contributed by atoms with van der Waals surface area (Å²) < 4.78 is 21.9. The highest BCUT2D eigenvalue weighted by molar-refractivity contribution is 7.47. The van der Waals surface area contributed by atoms with Gasteiger partial charge in [-0.25, -0.2) is 4.57 Å². The third-order valence-electron chi connectivity index (χ3n) is 7.24. The highest BCUT2D eigenvalue weighted by Gasteiger charge is 2.27. The number of phosphoric ester groups is 1.